The van der Waals surface area contributed by atoms with Crippen LogP contribution in [0.1, 0.15) is 20.3 Å². The molecule has 3 atom stereocenters. The van der Waals surface area contributed by atoms with E-state index in [1.54, 1.807) is 7.11 Å². The number of rotatable bonds is 4. The highest BCUT2D eigenvalue weighted by molar-refractivity contribution is 5.91. The van der Waals surface area contributed by atoms with E-state index in [4.69, 9.17) is 4.74 Å². The monoisotopic (exact) mass is 211 g/mol. The molecule has 15 heavy (non-hydrogen) atoms. The number of nitrogens with zero attached hydrogens (tertiary/aromatic N) is 1. The van der Waals surface area contributed by atoms with E-state index >= 15 is 0 Å². The van der Waals surface area contributed by atoms with Gasteiger partial charge in [-0.05, 0) is 6.42 Å². The Morgan fingerprint density at radius 1 is 1.47 bits per heavy atom. The second kappa shape index (κ2) is 6.03. The zero-order chi connectivity index (χ0) is 11.3. The summed E-state index contributed by atoms with van der Waals surface area (Å²) in [5.41, 5.74) is 1.12. The van der Waals surface area contributed by atoms with Crippen LogP contribution in [0.2, 0.25) is 0 Å². The fourth-order valence-electron chi connectivity index (χ4n) is 1.90. The first-order chi connectivity index (χ1) is 7.20. The summed E-state index contributed by atoms with van der Waals surface area (Å²) in [6, 6.07) is 0. The third kappa shape index (κ3) is 3.14. The zero-order valence-electron chi connectivity index (χ0n) is 9.81. The van der Waals surface area contributed by atoms with Gasteiger partial charge in [-0.15, -0.1) is 0 Å². The first-order valence-electron chi connectivity index (χ1n) is 5.60. The van der Waals surface area contributed by atoms with E-state index in [1.807, 2.05) is 13.0 Å². The van der Waals surface area contributed by atoms with Crippen molar-refractivity contribution in [3.05, 3.63) is 12.2 Å². The molecule has 0 aromatic heterocycles. The van der Waals surface area contributed by atoms with Gasteiger partial charge in [0.1, 0.15) is 0 Å². The molecule has 0 saturated carbocycles. The number of allylic oxidation sites excluding steroid dienone is 1. The van der Waals surface area contributed by atoms with Crippen molar-refractivity contribution < 1.29 is 9.84 Å². The topological polar surface area (TPSA) is 41.8 Å². The van der Waals surface area contributed by atoms with Crippen LogP contribution in [0.3, 0.4) is 0 Å². The molecule has 3 unspecified atom stereocenters. The van der Waals surface area contributed by atoms with Gasteiger partial charge in [0, 0.05) is 24.7 Å². The van der Waals surface area contributed by atoms with E-state index in [9.17, 15) is 5.11 Å². The molecule has 0 fully saturated rings. The lowest BCUT2D eigenvalue weighted by Gasteiger charge is -2.28. The van der Waals surface area contributed by atoms with Crippen molar-refractivity contribution in [3.63, 3.8) is 0 Å². The van der Waals surface area contributed by atoms with Crippen LogP contribution in [0.25, 0.3) is 0 Å². The number of hydrogen-bond acceptors (Lipinski definition) is 3. The van der Waals surface area contributed by atoms with E-state index in [2.05, 4.69) is 18.0 Å². The van der Waals surface area contributed by atoms with Crippen molar-refractivity contribution in [1.82, 2.24) is 0 Å². The lowest BCUT2D eigenvalue weighted by atomic mass is 9.82. The number of aliphatic imine (C=N–C) groups is 1. The van der Waals surface area contributed by atoms with Crippen molar-refractivity contribution in [2.24, 2.45) is 16.8 Å². The van der Waals surface area contributed by atoms with E-state index in [0.717, 1.165) is 12.1 Å². The van der Waals surface area contributed by atoms with Gasteiger partial charge in [-0.3, -0.25) is 4.99 Å². The Bertz CT molecular complexity index is 248. The molecule has 1 rings (SSSR count). The third-order valence-electron chi connectivity index (χ3n) is 2.93. The summed E-state index contributed by atoms with van der Waals surface area (Å²) in [7, 11) is 1.68. The molecule has 0 radical (unpaired) electrons. The lowest BCUT2D eigenvalue weighted by molar-refractivity contribution is 0.185. The van der Waals surface area contributed by atoms with Gasteiger partial charge < -0.3 is 9.84 Å². The molecule has 1 N–H and O–H groups in total. The molecular formula is C12H21NO2. The van der Waals surface area contributed by atoms with Crippen LogP contribution in [-0.4, -0.2) is 37.2 Å². The Kier molecular flexibility index (Phi) is 4.99. The van der Waals surface area contributed by atoms with Gasteiger partial charge in [0.15, 0.2) is 0 Å². The van der Waals surface area contributed by atoms with Crippen LogP contribution >= 0.6 is 0 Å². The van der Waals surface area contributed by atoms with Crippen LogP contribution in [0, 0.1) is 11.8 Å². The Balaban J connectivity index is 2.72. The number of hydrogen-bond donors (Lipinski definition) is 1. The maximum absolute atomic E-state index is 9.72. The summed E-state index contributed by atoms with van der Waals surface area (Å²) in [4.78, 5) is 4.54. The quantitative estimate of drug-likeness (QED) is 0.567. The van der Waals surface area contributed by atoms with Gasteiger partial charge in [-0.25, -0.2) is 0 Å². The molecular weight excluding hydrogens is 190 g/mol. The van der Waals surface area contributed by atoms with Crippen LogP contribution in [0.5, 0.6) is 0 Å². The van der Waals surface area contributed by atoms with Gasteiger partial charge >= 0.3 is 0 Å². The first kappa shape index (κ1) is 12.4. The van der Waals surface area contributed by atoms with Crippen molar-refractivity contribution in [2.45, 2.75) is 26.4 Å². The van der Waals surface area contributed by atoms with Crippen molar-refractivity contribution in [1.29, 1.82) is 0 Å². The van der Waals surface area contributed by atoms with Gasteiger partial charge in [0.25, 0.3) is 0 Å². The highest BCUT2D eigenvalue weighted by atomic mass is 16.5. The van der Waals surface area contributed by atoms with E-state index in [-0.39, 0.29) is 12.0 Å². The maximum atomic E-state index is 9.72. The minimum Gasteiger partial charge on any atom is -0.388 e. The predicted molar refractivity (Wildman–Crippen MR) is 62.3 cm³/mol. The van der Waals surface area contributed by atoms with E-state index in [1.165, 1.54) is 0 Å². The van der Waals surface area contributed by atoms with E-state index in [0.29, 0.717) is 19.1 Å². The predicted octanol–water partition coefficient (Wildman–Crippen LogP) is 1.67. The normalized spacial score (nSPS) is 33.6. The Morgan fingerprint density at radius 2 is 2.20 bits per heavy atom. The molecule has 0 aromatic carbocycles. The van der Waals surface area contributed by atoms with Gasteiger partial charge in [-0.1, -0.05) is 26.0 Å². The standard InChI is InChI=1S/C12H21NO2/c1-4-10-5-6-11(14)9(2)12(10)13-7-8-15-3/h5-6,9-11,14H,4,7-8H2,1-3H3. The van der Waals surface area contributed by atoms with E-state index < -0.39 is 0 Å². The molecule has 0 aromatic rings. The molecule has 3 heteroatoms. The second-order valence-electron chi connectivity index (χ2n) is 3.98. The molecule has 0 spiro atoms. The Hall–Kier alpha value is -0.670. The summed E-state index contributed by atoms with van der Waals surface area (Å²) in [5.74, 6) is 0.525. The van der Waals surface area contributed by atoms with Crippen LogP contribution in [0.4, 0.5) is 0 Å². The zero-order valence-corrected chi connectivity index (χ0v) is 9.81. The average Bonchev–Trinajstić information content (AvgIpc) is 2.25. The SMILES string of the molecule is CCC1C=CC(O)C(C)C1=NCCOC. The van der Waals surface area contributed by atoms with Gasteiger partial charge in [0.05, 0.1) is 19.3 Å². The largest absolute Gasteiger partial charge is 0.388 e. The van der Waals surface area contributed by atoms with Crippen LogP contribution in [0.15, 0.2) is 17.1 Å². The van der Waals surface area contributed by atoms with Crippen molar-refractivity contribution in [3.8, 4) is 0 Å². The molecule has 0 amide bonds. The van der Waals surface area contributed by atoms with Gasteiger partial charge in [0.2, 0.25) is 0 Å². The molecule has 0 bridgehead atoms. The molecule has 0 heterocycles. The first-order valence-corrected chi connectivity index (χ1v) is 5.60. The average molecular weight is 211 g/mol. The lowest BCUT2D eigenvalue weighted by Crippen LogP contribution is -2.33. The minimum atomic E-state index is -0.380. The third-order valence-corrected chi connectivity index (χ3v) is 2.93. The fourth-order valence-corrected chi connectivity index (χ4v) is 1.90. The highest BCUT2D eigenvalue weighted by Crippen LogP contribution is 2.23. The van der Waals surface area contributed by atoms with Gasteiger partial charge in [-0.2, -0.15) is 0 Å². The summed E-state index contributed by atoms with van der Waals surface area (Å²) in [6.45, 7) is 5.51. The molecule has 1 aliphatic rings. The second-order valence-corrected chi connectivity index (χ2v) is 3.98. The summed E-state index contributed by atoms with van der Waals surface area (Å²) in [5, 5.41) is 9.72. The number of methoxy groups -OCH3 is 1. The Labute approximate surface area is 91.9 Å². The van der Waals surface area contributed by atoms with Crippen molar-refractivity contribution >= 4 is 5.71 Å². The van der Waals surface area contributed by atoms with Crippen LogP contribution < -0.4 is 0 Å². The fraction of sp³-hybridized carbons (Fsp3) is 0.750. The highest BCUT2D eigenvalue weighted by Gasteiger charge is 2.26. The number of aliphatic hydroxyl groups excluding tert-OH is 1. The summed E-state index contributed by atoms with van der Waals surface area (Å²) < 4.78 is 4.98. The smallest absolute Gasteiger partial charge is 0.0798 e. The minimum absolute atomic E-state index is 0.136. The van der Waals surface area contributed by atoms with Crippen molar-refractivity contribution in [2.75, 3.05) is 20.3 Å². The number of ether oxygens (including phenoxy) is 1. The molecule has 1 aliphatic carbocycles. The molecule has 86 valence electrons. The Morgan fingerprint density at radius 3 is 2.80 bits per heavy atom. The van der Waals surface area contributed by atoms with Crippen LogP contribution in [-0.2, 0) is 4.74 Å². The number of aliphatic hydroxyl groups is 1. The molecule has 0 aliphatic heterocycles. The summed E-state index contributed by atoms with van der Waals surface area (Å²) >= 11 is 0. The maximum Gasteiger partial charge on any atom is 0.0798 e. The molecule has 0 saturated heterocycles. The summed E-state index contributed by atoms with van der Waals surface area (Å²) in [6.07, 6.45) is 4.61. The molecule has 3 nitrogen and oxygen atoms in total.